The zero-order valence-electron chi connectivity index (χ0n) is 10.5. The first kappa shape index (κ1) is 14.4. The van der Waals surface area contributed by atoms with Gasteiger partial charge in [-0.3, -0.25) is 15.1 Å². The molecule has 1 aromatic heterocycles. The maximum atomic E-state index is 10.7. The van der Waals surface area contributed by atoms with Crippen molar-refractivity contribution in [3.05, 3.63) is 62.4 Å². The molecule has 0 atom stereocenters. The van der Waals surface area contributed by atoms with Crippen molar-refractivity contribution in [2.45, 2.75) is 13.2 Å². The SMILES string of the molecule is NCc1cc([N+](=O)[O-])ccc1OCc1cncc(Br)c1. The lowest BCUT2D eigenvalue weighted by Gasteiger charge is -2.10. The number of nitro benzene ring substituents is 1. The Hall–Kier alpha value is -1.99. The minimum absolute atomic E-state index is 0.00178. The Kier molecular flexibility index (Phi) is 4.65. The topological polar surface area (TPSA) is 91.3 Å². The molecule has 1 heterocycles. The molecular weight excluding hydrogens is 326 g/mol. The van der Waals surface area contributed by atoms with Crippen LogP contribution in [-0.2, 0) is 13.2 Å². The van der Waals surface area contributed by atoms with E-state index in [0.717, 1.165) is 10.0 Å². The predicted octanol–water partition coefficient (Wildman–Crippen LogP) is 2.79. The van der Waals surface area contributed by atoms with Gasteiger partial charge < -0.3 is 10.5 Å². The summed E-state index contributed by atoms with van der Waals surface area (Å²) in [5, 5.41) is 10.7. The monoisotopic (exact) mass is 337 g/mol. The highest BCUT2D eigenvalue weighted by Crippen LogP contribution is 2.24. The molecule has 0 radical (unpaired) electrons. The number of nitrogens with two attached hydrogens (primary N) is 1. The Morgan fingerprint density at radius 1 is 1.35 bits per heavy atom. The summed E-state index contributed by atoms with van der Waals surface area (Å²) in [6.45, 7) is 0.491. The van der Waals surface area contributed by atoms with Gasteiger partial charge in [0.2, 0.25) is 0 Å². The maximum absolute atomic E-state index is 10.7. The molecule has 0 spiro atoms. The van der Waals surface area contributed by atoms with Crippen LogP contribution in [0, 0.1) is 10.1 Å². The Labute approximate surface area is 123 Å². The lowest BCUT2D eigenvalue weighted by atomic mass is 10.2. The maximum Gasteiger partial charge on any atom is 0.270 e. The van der Waals surface area contributed by atoms with Gasteiger partial charge in [0, 0.05) is 46.7 Å². The number of non-ortho nitro benzene ring substituents is 1. The van der Waals surface area contributed by atoms with E-state index in [1.807, 2.05) is 6.07 Å². The van der Waals surface area contributed by atoms with Gasteiger partial charge in [-0.25, -0.2) is 0 Å². The van der Waals surface area contributed by atoms with E-state index >= 15 is 0 Å². The van der Waals surface area contributed by atoms with Crippen LogP contribution in [-0.4, -0.2) is 9.91 Å². The highest BCUT2D eigenvalue weighted by atomic mass is 79.9. The van der Waals surface area contributed by atoms with Crippen LogP contribution in [0.2, 0.25) is 0 Å². The van der Waals surface area contributed by atoms with Crippen molar-refractivity contribution in [3.8, 4) is 5.75 Å². The van der Waals surface area contributed by atoms with Crippen LogP contribution in [0.3, 0.4) is 0 Å². The second-order valence-electron chi connectivity index (χ2n) is 4.05. The van der Waals surface area contributed by atoms with Gasteiger partial charge in [-0.05, 0) is 28.1 Å². The summed E-state index contributed by atoms with van der Waals surface area (Å²) in [6.07, 6.45) is 3.37. The van der Waals surface area contributed by atoms with Gasteiger partial charge in [0.15, 0.2) is 0 Å². The first-order valence-corrected chi connectivity index (χ1v) is 6.59. The minimum atomic E-state index is -0.457. The van der Waals surface area contributed by atoms with Gasteiger partial charge in [0.25, 0.3) is 5.69 Å². The van der Waals surface area contributed by atoms with Crippen LogP contribution in [0.5, 0.6) is 5.75 Å². The first-order valence-electron chi connectivity index (χ1n) is 5.80. The summed E-state index contributed by atoms with van der Waals surface area (Å²) >= 11 is 3.33. The molecule has 0 aliphatic carbocycles. The van der Waals surface area contributed by atoms with E-state index < -0.39 is 4.92 Å². The normalized spacial score (nSPS) is 10.3. The van der Waals surface area contributed by atoms with Gasteiger partial charge in [-0.15, -0.1) is 0 Å². The van der Waals surface area contributed by atoms with Crippen LogP contribution in [0.4, 0.5) is 5.69 Å². The van der Waals surface area contributed by atoms with Crippen LogP contribution in [0.25, 0.3) is 0 Å². The van der Waals surface area contributed by atoms with Crippen molar-refractivity contribution in [2.75, 3.05) is 0 Å². The highest BCUT2D eigenvalue weighted by molar-refractivity contribution is 9.10. The van der Waals surface area contributed by atoms with Crippen molar-refractivity contribution in [2.24, 2.45) is 5.73 Å². The smallest absolute Gasteiger partial charge is 0.270 e. The molecule has 20 heavy (non-hydrogen) atoms. The summed E-state index contributed by atoms with van der Waals surface area (Å²) in [5.41, 5.74) is 7.08. The minimum Gasteiger partial charge on any atom is -0.489 e. The van der Waals surface area contributed by atoms with Gasteiger partial charge >= 0.3 is 0 Å². The van der Waals surface area contributed by atoms with E-state index in [0.29, 0.717) is 17.9 Å². The summed E-state index contributed by atoms with van der Waals surface area (Å²) < 4.78 is 6.50. The van der Waals surface area contributed by atoms with Crippen molar-refractivity contribution in [1.82, 2.24) is 4.98 Å². The quantitative estimate of drug-likeness (QED) is 0.669. The predicted molar refractivity (Wildman–Crippen MR) is 77.3 cm³/mol. The molecule has 0 bridgehead atoms. The number of ether oxygens (including phenoxy) is 1. The van der Waals surface area contributed by atoms with Crippen molar-refractivity contribution >= 4 is 21.6 Å². The molecule has 0 saturated heterocycles. The van der Waals surface area contributed by atoms with E-state index in [1.165, 1.54) is 12.1 Å². The third kappa shape index (κ3) is 3.52. The van der Waals surface area contributed by atoms with E-state index in [1.54, 1.807) is 18.5 Å². The van der Waals surface area contributed by atoms with Crippen LogP contribution < -0.4 is 10.5 Å². The van der Waals surface area contributed by atoms with Crippen molar-refractivity contribution < 1.29 is 9.66 Å². The molecule has 0 unspecified atom stereocenters. The Bertz CT molecular complexity index is 634. The molecule has 7 heteroatoms. The second-order valence-corrected chi connectivity index (χ2v) is 4.97. The molecule has 2 rings (SSSR count). The van der Waals surface area contributed by atoms with Gasteiger partial charge in [0.05, 0.1) is 4.92 Å². The number of aromatic nitrogens is 1. The van der Waals surface area contributed by atoms with Gasteiger partial charge in [0.1, 0.15) is 12.4 Å². The van der Waals surface area contributed by atoms with Crippen LogP contribution >= 0.6 is 15.9 Å². The lowest BCUT2D eigenvalue weighted by molar-refractivity contribution is -0.384. The number of hydrogen-bond acceptors (Lipinski definition) is 5. The Morgan fingerprint density at radius 2 is 2.15 bits per heavy atom. The third-order valence-electron chi connectivity index (χ3n) is 2.63. The second kappa shape index (κ2) is 6.44. The van der Waals surface area contributed by atoms with Gasteiger partial charge in [-0.2, -0.15) is 0 Å². The van der Waals surface area contributed by atoms with Crippen LogP contribution in [0.1, 0.15) is 11.1 Å². The van der Waals surface area contributed by atoms with Crippen molar-refractivity contribution in [1.29, 1.82) is 0 Å². The molecule has 0 saturated carbocycles. The molecule has 2 aromatic rings. The van der Waals surface area contributed by atoms with Crippen molar-refractivity contribution in [3.63, 3.8) is 0 Å². The number of benzene rings is 1. The van der Waals surface area contributed by atoms with E-state index in [2.05, 4.69) is 20.9 Å². The molecule has 0 fully saturated rings. The molecule has 1 aromatic carbocycles. The van der Waals surface area contributed by atoms with E-state index in [9.17, 15) is 10.1 Å². The molecule has 6 nitrogen and oxygen atoms in total. The average Bonchev–Trinajstić information content (AvgIpc) is 2.45. The number of nitrogens with zero attached hydrogens (tertiary/aromatic N) is 2. The van der Waals surface area contributed by atoms with E-state index in [4.69, 9.17) is 10.5 Å². The Balaban J connectivity index is 2.15. The largest absolute Gasteiger partial charge is 0.489 e. The summed E-state index contributed by atoms with van der Waals surface area (Å²) in [6, 6.07) is 6.27. The molecule has 104 valence electrons. The molecule has 0 amide bonds. The molecule has 0 aliphatic rings. The fourth-order valence-corrected chi connectivity index (χ4v) is 2.09. The number of pyridine rings is 1. The van der Waals surface area contributed by atoms with Crippen LogP contribution in [0.15, 0.2) is 41.1 Å². The zero-order chi connectivity index (χ0) is 14.5. The molecular formula is C13H12BrN3O3. The number of halogens is 1. The number of hydrogen-bond donors (Lipinski definition) is 1. The fourth-order valence-electron chi connectivity index (χ4n) is 1.68. The standard InChI is InChI=1S/C13H12BrN3O3/c14-11-3-9(6-16-7-11)8-20-13-2-1-12(17(18)19)4-10(13)5-15/h1-4,6-7H,5,8,15H2. The number of nitro groups is 1. The summed E-state index contributed by atoms with van der Waals surface area (Å²) in [5.74, 6) is 0.540. The average molecular weight is 338 g/mol. The fraction of sp³-hybridized carbons (Fsp3) is 0.154. The lowest BCUT2D eigenvalue weighted by Crippen LogP contribution is -2.04. The summed E-state index contributed by atoms with van der Waals surface area (Å²) in [7, 11) is 0. The molecule has 0 aliphatic heterocycles. The number of rotatable bonds is 5. The molecule has 2 N–H and O–H groups in total. The zero-order valence-corrected chi connectivity index (χ0v) is 12.0. The third-order valence-corrected chi connectivity index (χ3v) is 3.06. The summed E-state index contributed by atoms with van der Waals surface area (Å²) in [4.78, 5) is 14.3. The van der Waals surface area contributed by atoms with Gasteiger partial charge in [-0.1, -0.05) is 0 Å². The first-order chi connectivity index (χ1) is 9.60. The highest BCUT2D eigenvalue weighted by Gasteiger charge is 2.11. The Morgan fingerprint density at radius 3 is 2.80 bits per heavy atom. The van der Waals surface area contributed by atoms with E-state index in [-0.39, 0.29) is 12.2 Å².